The van der Waals surface area contributed by atoms with E-state index in [1.165, 1.54) is 6.33 Å². The minimum Gasteiger partial charge on any atom is -0.383 e. The molecule has 0 aliphatic rings. The van der Waals surface area contributed by atoms with E-state index < -0.39 is 0 Å². The van der Waals surface area contributed by atoms with Crippen LogP contribution >= 0.6 is 0 Å². The fraction of sp³-hybridized carbons (Fsp3) is 0.500. The van der Waals surface area contributed by atoms with E-state index in [0.717, 1.165) is 23.9 Å². The summed E-state index contributed by atoms with van der Waals surface area (Å²) in [4.78, 5) is 8.34. The number of hydrogen-bond acceptors (Lipinski definition) is 3. The molecule has 0 spiro atoms. The minimum atomic E-state index is 0.0997. The summed E-state index contributed by atoms with van der Waals surface area (Å²) in [6.45, 7) is 6.63. The van der Waals surface area contributed by atoms with Crippen LogP contribution in [0.1, 0.15) is 33.6 Å². The Hall–Kier alpha value is -1.58. The van der Waals surface area contributed by atoms with Gasteiger partial charge in [-0.05, 0) is 25.8 Å². The molecule has 0 saturated heterocycles. The van der Waals surface area contributed by atoms with Gasteiger partial charge in [-0.25, -0.2) is 9.97 Å². The molecule has 2 heterocycles. The number of nitrogen functional groups attached to an aromatic ring is 1. The third-order valence-corrected chi connectivity index (χ3v) is 3.62. The van der Waals surface area contributed by atoms with E-state index >= 15 is 0 Å². The SMILES string of the molecule is CCC(C)(CC)n1ccc2c(N)ncnc21. The lowest BCUT2D eigenvalue weighted by Crippen LogP contribution is -2.27. The van der Waals surface area contributed by atoms with Crippen molar-refractivity contribution in [3.63, 3.8) is 0 Å². The molecule has 4 heteroatoms. The molecule has 0 unspecified atom stereocenters. The van der Waals surface area contributed by atoms with Crippen LogP contribution in [-0.2, 0) is 5.54 Å². The van der Waals surface area contributed by atoms with Crippen molar-refractivity contribution in [2.24, 2.45) is 0 Å². The number of nitrogens with zero attached hydrogens (tertiary/aromatic N) is 3. The summed E-state index contributed by atoms with van der Waals surface area (Å²) in [7, 11) is 0. The molecule has 0 bridgehead atoms. The highest BCUT2D eigenvalue weighted by Gasteiger charge is 2.24. The molecule has 2 rings (SSSR count). The zero-order valence-electron chi connectivity index (χ0n) is 10.1. The third-order valence-electron chi connectivity index (χ3n) is 3.62. The Morgan fingerprint density at radius 3 is 2.62 bits per heavy atom. The first-order valence-electron chi connectivity index (χ1n) is 5.70. The number of hydrogen-bond donors (Lipinski definition) is 1. The van der Waals surface area contributed by atoms with Gasteiger partial charge in [-0.1, -0.05) is 13.8 Å². The van der Waals surface area contributed by atoms with Gasteiger partial charge < -0.3 is 10.3 Å². The van der Waals surface area contributed by atoms with Crippen molar-refractivity contribution in [2.45, 2.75) is 39.2 Å². The molecular formula is C12H18N4. The van der Waals surface area contributed by atoms with Gasteiger partial charge in [0.1, 0.15) is 17.8 Å². The van der Waals surface area contributed by atoms with Gasteiger partial charge in [0.2, 0.25) is 0 Å². The number of rotatable bonds is 3. The number of nitrogens with two attached hydrogens (primary N) is 1. The summed E-state index contributed by atoms with van der Waals surface area (Å²) in [5, 5.41) is 0.940. The maximum Gasteiger partial charge on any atom is 0.145 e. The summed E-state index contributed by atoms with van der Waals surface area (Å²) >= 11 is 0. The highest BCUT2D eigenvalue weighted by Crippen LogP contribution is 2.29. The standard InChI is InChI=1S/C12H18N4/c1-4-12(3,5-2)16-7-6-9-10(13)14-8-15-11(9)16/h6-8H,4-5H2,1-3H3,(H2,13,14,15). The third kappa shape index (κ3) is 1.45. The fourth-order valence-corrected chi connectivity index (χ4v) is 2.00. The van der Waals surface area contributed by atoms with Crippen LogP contribution in [0.4, 0.5) is 5.82 Å². The van der Waals surface area contributed by atoms with Gasteiger partial charge in [0.25, 0.3) is 0 Å². The van der Waals surface area contributed by atoms with E-state index in [2.05, 4.69) is 41.5 Å². The second kappa shape index (κ2) is 3.77. The maximum absolute atomic E-state index is 5.83. The van der Waals surface area contributed by atoms with Crippen molar-refractivity contribution in [3.05, 3.63) is 18.6 Å². The van der Waals surface area contributed by atoms with E-state index in [1.54, 1.807) is 0 Å². The smallest absolute Gasteiger partial charge is 0.145 e. The lowest BCUT2D eigenvalue weighted by atomic mass is 9.95. The van der Waals surface area contributed by atoms with Gasteiger partial charge in [0.15, 0.2) is 0 Å². The van der Waals surface area contributed by atoms with Crippen LogP contribution in [0.3, 0.4) is 0 Å². The maximum atomic E-state index is 5.83. The van der Waals surface area contributed by atoms with Crippen LogP contribution in [0.15, 0.2) is 18.6 Å². The molecule has 0 saturated carbocycles. The van der Waals surface area contributed by atoms with Crippen molar-refractivity contribution in [1.29, 1.82) is 0 Å². The molecule has 2 aromatic heterocycles. The van der Waals surface area contributed by atoms with Crippen LogP contribution in [-0.4, -0.2) is 14.5 Å². The topological polar surface area (TPSA) is 56.7 Å². The van der Waals surface area contributed by atoms with Crippen molar-refractivity contribution in [1.82, 2.24) is 14.5 Å². The predicted octanol–water partition coefficient (Wildman–Crippen LogP) is 2.55. The number of aromatic nitrogens is 3. The normalized spacial score (nSPS) is 12.2. The monoisotopic (exact) mass is 218 g/mol. The molecule has 2 N–H and O–H groups in total. The first kappa shape index (κ1) is 10.9. The van der Waals surface area contributed by atoms with E-state index in [0.29, 0.717) is 5.82 Å². The second-order valence-electron chi connectivity index (χ2n) is 4.39. The van der Waals surface area contributed by atoms with Gasteiger partial charge in [-0.2, -0.15) is 0 Å². The molecule has 0 amide bonds. The highest BCUT2D eigenvalue weighted by molar-refractivity contribution is 5.86. The van der Waals surface area contributed by atoms with Crippen molar-refractivity contribution in [2.75, 3.05) is 5.73 Å². The molecule has 0 fully saturated rings. The van der Waals surface area contributed by atoms with Gasteiger partial charge in [-0.15, -0.1) is 0 Å². The average Bonchev–Trinajstić information content (AvgIpc) is 2.74. The van der Waals surface area contributed by atoms with Crippen LogP contribution in [0, 0.1) is 0 Å². The quantitative estimate of drug-likeness (QED) is 0.861. The van der Waals surface area contributed by atoms with Gasteiger partial charge in [0, 0.05) is 11.7 Å². The zero-order chi connectivity index (χ0) is 11.8. The molecule has 2 aromatic rings. The van der Waals surface area contributed by atoms with E-state index in [1.807, 2.05) is 6.07 Å². The Balaban J connectivity index is 2.66. The Kier molecular flexibility index (Phi) is 2.58. The Bertz CT molecular complexity index is 497. The van der Waals surface area contributed by atoms with Crippen molar-refractivity contribution in [3.8, 4) is 0 Å². The van der Waals surface area contributed by atoms with Crippen LogP contribution in [0.5, 0.6) is 0 Å². The molecule has 16 heavy (non-hydrogen) atoms. The average molecular weight is 218 g/mol. The molecule has 0 atom stereocenters. The molecular weight excluding hydrogens is 200 g/mol. The molecule has 4 nitrogen and oxygen atoms in total. The summed E-state index contributed by atoms with van der Waals surface area (Å²) in [5.41, 5.74) is 6.86. The van der Waals surface area contributed by atoms with Crippen molar-refractivity contribution >= 4 is 16.9 Å². The van der Waals surface area contributed by atoms with Crippen LogP contribution < -0.4 is 5.73 Å². The van der Waals surface area contributed by atoms with Crippen molar-refractivity contribution < 1.29 is 0 Å². The Morgan fingerprint density at radius 1 is 1.31 bits per heavy atom. The summed E-state index contributed by atoms with van der Waals surface area (Å²) in [6.07, 6.45) is 5.72. The summed E-state index contributed by atoms with van der Waals surface area (Å²) < 4.78 is 2.21. The second-order valence-corrected chi connectivity index (χ2v) is 4.39. The molecule has 0 radical (unpaired) electrons. The van der Waals surface area contributed by atoms with Crippen LogP contribution in [0.25, 0.3) is 11.0 Å². The molecule has 0 aromatic carbocycles. The lowest BCUT2D eigenvalue weighted by molar-refractivity contribution is 0.302. The van der Waals surface area contributed by atoms with E-state index in [9.17, 15) is 0 Å². The lowest BCUT2D eigenvalue weighted by Gasteiger charge is -2.29. The predicted molar refractivity (Wildman–Crippen MR) is 66.2 cm³/mol. The van der Waals surface area contributed by atoms with E-state index in [-0.39, 0.29) is 5.54 Å². The number of fused-ring (bicyclic) bond motifs is 1. The minimum absolute atomic E-state index is 0.0997. The zero-order valence-corrected chi connectivity index (χ0v) is 10.1. The van der Waals surface area contributed by atoms with Gasteiger partial charge >= 0.3 is 0 Å². The van der Waals surface area contributed by atoms with Crippen LogP contribution in [0.2, 0.25) is 0 Å². The molecule has 0 aliphatic heterocycles. The molecule has 86 valence electrons. The Morgan fingerprint density at radius 2 is 2.00 bits per heavy atom. The van der Waals surface area contributed by atoms with Gasteiger partial charge in [0.05, 0.1) is 5.39 Å². The first-order chi connectivity index (χ1) is 7.62. The van der Waals surface area contributed by atoms with Gasteiger partial charge in [-0.3, -0.25) is 0 Å². The summed E-state index contributed by atoms with van der Waals surface area (Å²) in [6, 6.07) is 1.99. The highest BCUT2D eigenvalue weighted by atomic mass is 15.1. The largest absolute Gasteiger partial charge is 0.383 e. The Labute approximate surface area is 95.5 Å². The van der Waals surface area contributed by atoms with E-state index in [4.69, 9.17) is 5.73 Å². The summed E-state index contributed by atoms with van der Waals surface area (Å²) in [5.74, 6) is 0.554. The fourth-order valence-electron chi connectivity index (χ4n) is 2.00. The number of anilines is 1. The molecule has 0 aliphatic carbocycles. The first-order valence-corrected chi connectivity index (χ1v) is 5.70.